The fraction of sp³-hybridized carbons (Fsp3) is 0.286. The Balaban J connectivity index is 2.95. The fourth-order valence-corrected chi connectivity index (χ4v) is 0.789. The molecule has 0 aliphatic rings. The van der Waals surface area contributed by atoms with E-state index in [1.54, 1.807) is 17.8 Å². The summed E-state index contributed by atoms with van der Waals surface area (Å²) in [6.45, 7) is 5.51. The summed E-state index contributed by atoms with van der Waals surface area (Å²) >= 11 is 1.57. The molecule has 0 aromatic carbocycles. The highest BCUT2D eigenvalue weighted by atomic mass is 32.2. The van der Waals surface area contributed by atoms with Crippen molar-refractivity contribution in [3.63, 3.8) is 0 Å². The van der Waals surface area contributed by atoms with Crippen molar-refractivity contribution in [3.8, 4) is 0 Å². The van der Waals surface area contributed by atoms with Crippen molar-refractivity contribution in [1.29, 1.82) is 0 Å². The molecule has 0 aliphatic heterocycles. The van der Waals surface area contributed by atoms with Gasteiger partial charge in [-0.1, -0.05) is 6.58 Å². The highest BCUT2D eigenvalue weighted by Gasteiger charge is 1.97. The summed E-state index contributed by atoms with van der Waals surface area (Å²) in [6, 6.07) is 0. The van der Waals surface area contributed by atoms with E-state index in [0.717, 1.165) is 5.04 Å². The first kappa shape index (κ1) is 8.99. The monoisotopic (exact) mass is 182 g/mol. The Morgan fingerprint density at radius 2 is 2.58 bits per heavy atom. The molecule has 1 heterocycles. The molecule has 4 nitrogen and oxygen atoms in total. The quantitative estimate of drug-likeness (QED) is 0.514. The van der Waals surface area contributed by atoms with Gasteiger partial charge in [-0.25, -0.2) is 4.98 Å². The SMILES string of the molecule is C=Cc1ncnn1/N=C(\C)SC. The minimum atomic E-state index is 0.656. The highest BCUT2D eigenvalue weighted by molar-refractivity contribution is 8.13. The summed E-state index contributed by atoms with van der Waals surface area (Å²) in [5.74, 6) is 0.656. The van der Waals surface area contributed by atoms with Crippen molar-refractivity contribution >= 4 is 22.9 Å². The Morgan fingerprint density at radius 3 is 3.17 bits per heavy atom. The average molecular weight is 182 g/mol. The number of nitrogens with zero attached hydrogens (tertiary/aromatic N) is 4. The first-order valence-corrected chi connectivity index (χ1v) is 4.62. The van der Waals surface area contributed by atoms with Crippen LogP contribution in [0.15, 0.2) is 18.0 Å². The van der Waals surface area contributed by atoms with Gasteiger partial charge in [0.1, 0.15) is 6.33 Å². The van der Waals surface area contributed by atoms with Gasteiger partial charge >= 0.3 is 0 Å². The topological polar surface area (TPSA) is 43.1 Å². The summed E-state index contributed by atoms with van der Waals surface area (Å²) in [4.78, 5) is 5.40. The Morgan fingerprint density at radius 1 is 1.83 bits per heavy atom. The fourth-order valence-electron chi connectivity index (χ4n) is 0.630. The Kier molecular flexibility index (Phi) is 3.04. The average Bonchev–Trinajstić information content (AvgIpc) is 2.51. The highest BCUT2D eigenvalue weighted by Crippen LogP contribution is 2.00. The van der Waals surface area contributed by atoms with Crippen LogP contribution in [0, 0.1) is 0 Å². The van der Waals surface area contributed by atoms with Gasteiger partial charge in [0, 0.05) is 0 Å². The molecule has 0 spiro atoms. The molecule has 0 saturated carbocycles. The Labute approximate surface area is 75.4 Å². The van der Waals surface area contributed by atoms with Crippen LogP contribution in [-0.2, 0) is 0 Å². The van der Waals surface area contributed by atoms with Crippen LogP contribution in [0.4, 0.5) is 0 Å². The first-order valence-electron chi connectivity index (χ1n) is 3.40. The molecule has 0 unspecified atom stereocenters. The first-order chi connectivity index (χ1) is 5.77. The van der Waals surface area contributed by atoms with Crippen LogP contribution in [0.25, 0.3) is 6.08 Å². The number of hydrogen-bond donors (Lipinski definition) is 0. The number of hydrogen-bond acceptors (Lipinski definition) is 4. The second kappa shape index (κ2) is 4.06. The summed E-state index contributed by atoms with van der Waals surface area (Å²) < 4.78 is 0. The van der Waals surface area contributed by atoms with Gasteiger partial charge < -0.3 is 0 Å². The number of aromatic nitrogens is 3. The van der Waals surface area contributed by atoms with E-state index < -0.39 is 0 Å². The van der Waals surface area contributed by atoms with Gasteiger partial charge in [0.15, 0.2) is 5.82 Å². The minimum absolute atomic E-state index is 0.656. The summed E-state index contributed by atoms with van der Waals surface area (Å²) in [5.41, 5.74) is 0. The standard InChI is InChI=1S/C7H10N4S/c1-4-7-8-5-9-11(7)10-6(2)12-3/h4-5H,1H2,2-3H3/b10-6+. The van der Waals surface area contributed by atoms with Crippen molar-refractivity contribution in [3.05, 3.63) is 18.7 Å². The van der Waals surface area contributed by atoms with Crippen LogP contribution in [0.2, 0.25) is 0 Å². The van der Waals surface area contributed by atoms with Crippen LogP contribution in [0.3, 0.4) is 0 Å². The largest absolute Gasteiger partial charge is 0.213 e. The molecule has 64 valence electrons. The van der Waals surface area contributed by atoms with Crippen molar-refractivity contribution < 1.29 is 0 Å². The normalized spacial score (nSPS) is 11.7. The predicted molar refractivity (Wildman–Crippen MR) is 52.1 cm³/mol. The lowest BCUT2D eigenvalue weighted by Gasteiger charge is -1.95. The van der Waals surface area contributed by atoms with E-state index in [2.05, 4.69) is 21.8 Å². The Bertz CT molecular complexity index is 302. The van der Waals surface area contributed by atoms with E-state index in [1.807, 2.05) is 13.2 Å². The molecule has 0 radical (unpaired) electrons. The van der Waals surface area contributed by atoms with E-state index in [-0.39, 0.29) is 0 Å². The molecule has 5 heteroatoms. The van der Waals surface area contributed by atoms with Crippen LogP contribution < -0.4 is 0 Å². The maximum absolute atomic E-state index is 4.16. The van der Waals surface area contributed by atoms with Crippen LogP contribution in [-0.4, -0.2) is 26.2 Å². The van der Waals surface area contributed by atoms with E-state index >= 15 is 0 Å². The van der Waals surface area contributed by atoms with Crippen LogP contribution >= 0.6 is 11.8 Å². The molecule has 0 N–H and O–H groups in total. The van der Waals surface area contributed by atoms with Crippen molar-refractivity contribution in [1.82, 2.24) is 14.9 Å². The molecular weight excluding hydrogens is 172 g/mol. The molecule has 1 aromatic heterocycles. The Hall–Kier alpha value is -1.10. The zero-order valence-electron chi connectivity index (χ0n) is 7.06. The second-order valence-corrected chi connectivity index (χ2v) is 3.03. The lowest BCUT2D eigenvalue weighted by Crippen LogP contribution is -1.97. The van der Waals surface area contributed by atoms with E-state index in [9.17, 15) is 0 Å². The number of thioether (sulfide) groups is 1. The third-order valence-electron chi connectivity index (χ3n) is 1.27. The van der Waals surface area contributed by atoms with E-state index in [4.69, 9.17) is 0 Å². The van der Waals surface area contributed by atoms with Crippen molar-refractivity contribution in [2.24, 2.45) is 5.10 Å². The minimum Gasteiger partial charge on any atom is -0.213 e. The zero-order chi connectivity index (χ0) is 8.97. The third kappa shape index (κ3) is 1.94. The molecule has 0 atom stereocenters. The molecule has 12 heavy (non-hydrogen) atoms. The van der Waals surface area contributed by atoms with Gasteiger partial charge in [-0.2, -0.15) is 0 Å². The lowest BCUT2D eigenvalue weighted by atomic mass is 10.6. The van der Waals surface area contributed by atoms with Crippen molar-refractivity contribution in [2.45, 2.75) is 6.92 Å². The van der Waals surface area contributed by atoms with Crippen LogP contribution in [0.1, 0.15) is 12.7 Å². The summed E-state index contributed by atoms with van der Waals surface area (Å²) in [7, 11) is 0. The van der Waals surface area contributed by atoms with Gasteiger partial charge in [-0.05, 0) is 19.3 Å². The second-order valence-electron chi connectivity index (χ2n) is 2.03. The zero-order valence-corrected chi connectivity index (χ0v) is 7.88. The molecule has 0 amide bonds. The van der Waals surface area contributed by atoms with Gasteiger partial charge in [-0.3, -0.25) is 0 Å². The molecule has 0 bridgehead atoms. The summed E-state index contributed by atoms with van der Waals surface area (Å²) in [6.07, 6.45) is 5.03. The third-order valence-corrected chi connectivity index (χ3v) is 1.94. The lowest BCUT2D eigenvalue weighted by molar-refractivity contribution is 0.733. The molecule has 0 aliphatic carbocycles. The molecule has 1 aromatic rings. The van der Waals surface area contributed by atoms with Gasteiger partial charge in [0.05, 0.1) is 5.04 Å². The van der Waals surface area contributed by atoms with Gasteiger partial charge in [-0.15, -0.1) is 26.8 Å². The maximum atomic E-state index is 4.16. The molecule has 1 rings (SSSR count). The molecule has 0 saturated heterocycles. The van der Waals surface area contributed by atoms with Crippen LogP contribution in [0.5, 0.6) is 0 Å². The van der Waals surface area contributed by atoms with E-state index in [1.165, 1.54) is 11.1 Å². The summed E-state index contributed by atoms with van der Waals surface area (Å²) in [5, 5.41) is 9.00. The van der Waals surface area contributed by atoms with E-state index in [0.29, 0.717) is 5.82 Å². The maximum Gasteiger partial charge on any atom is 0.175 e. The van der Waals surface area contributed by atoms with Crippen molar-refractivity contribution in [2.75, 3.05) is 6.26 Å². The predicted octanol–water partition coefficient (Wildman–Crippen LogP) is 1.47. The number of rotatable bonds is 2. The smallest absolute Gasteiger partial charge is 0.175 e. The van der Waals surface area contributed by atoms with Gasteiger partial charge in [0.25, 0.3) is 0 Å². The molecular formula is C7H10N4S. The van der Waals surface area contributed by atoms with Gasteiger partial charge in [0.2, 0.25) is 0 Å². The molecule has 0 fully saturated rings.